The second-order valence-electron chi connectivity index (χ2n) is 7.55. The third-order valence-electron chi connectivity index (χ3n) is 4.45. The predicted molar refractivity (Wildman–Crippen MR) is 110 cm³/mol. The summed E-state index contributed by atoms with van der Waals surface area (Å²) < 4.78 is 35.4. The number of rotatable bonds is 6. The topological polar surface area (TPSA) is 111 Å². The van der Waals surface area contributed by atoms with Crippen molar-refractivity contribution in [1.82, 2.24) is 15.5 Å². The molecule has 1 N–H and O–H groups in total. The summed E-state index contributed by atoms with van der Waals surface area (Å²) in [6.45, 7) is 8.69. The van der Waals surface area contributed by atoms with Crippen LogP contribution in [0.1, 0.15) is 47.0 Å². The predicted octanol–water partition coefficient (Wildman–Crippen LogP) is 3.43. The molecule has 8 nitrogen and oxygen atoms in total. The minimum atomic E-state index is -3.99. The zero-order valence-electron chi connectivity index (χ0n) is 17.4. The summed E-state index contributed by atoms with van der Waals surface area (Å²) in [7, 11) is -3.99. The molecule has 1 amide bonds. The van der Waals surface area contributed by atoms with Gasteiger partial charge in [-0.3, -0.25) is 4.79 Å². The fourth-order valence-corrected chi connectivity index (χ4v) is 4.02. The third kappa shape index (κ3) is 4.68. The smallest absolute Gasteiger partial charge is 0.339 e. The zero-order chi connectivity index (χ0) is 22.1. The van der Waals surface area contributed by atoms with Crippen molar-refractivity contribution >= 4 is 16.0 Å². The molecule has 2 aromatic carbocycles. The number of nitrogens with zero attached hydrogens (tertiary/aromatic N) is 2. The highest BCUT2D eigenvalue weighted by molar-refractivity contribution is 7.87. The Labute approximate surface area is 175 Å². The number of aromatic nitrogens is 2. The molecular weight excluding hydrogens is 406 g/mol. The van der Waals surface area contributed by atoms with Gasteiger partial charge in [0.2, 0.25) is 5.89 Å². The molecule has 0 saturated heterocycles. The molecule has 9 heteroatoms. The number of carbonyl (C=O) groups excluding carboxylic acids is 1. The minimum absolute atomic E-state index is 0.112. The van der Waals surface area contributed by atoms with Crippen LogP contribution in [0.2, 0.25) is 0 Å². The van der Waals surface area contributed by atoms with E-state index in [0.717, 1.165) is 5.56 Å². The number of hydrogen-bond acceptors (Lipinski definition) is 7. The van der Waals surface area contributed by atoms with E-state index in [9.17, 15) is 13.2 Å². The molecule has 1 heterocycles. The highest BCUT2D eigenvalue weighted by Gasteiger charge is 2.28. The first-order chi connectivity index (χ1) is 14.0. The SMILES string of the molecule is Cc1ccc(C)c(S(=O)(=O)Oc2ccc(C(=O)NC(C)(C)c3noc(C)n3)cc2)c1. The van der Waals surface area contributed by atoms with E-state index < -0.39 is 15.7 Å². The van der Waals surface area contributed by atoms with Gasteiger partial charge in [-0.2, -0.15) is 13.4 Å². The van der Waals surface area contributed by atoms with Crippen LogP contribution in [0.5, 0.6) is 5.75 Å². The van der Waals surface area contributed by atoms with Crippen molar-refractivity contribution in [2.45, 2.75) is 45.1 Å². The number of nitrogens with one attached hydrogen (secondary N) is 1. The van der Waals surface area contributed by atoms with Gasteiger partial charge in [0.25, 0.3) is 5.91 Å². The Balaban J connectivity index is 1.74. The Bertz CT molecular complexity index is 1180. The molecule has 0 unspecified atom stereocenters. The third-order valence-corrected chi connectivity index (χ3v) is 5.84. The molecular formula is C21H23N3O5S. The van der Waals surface area contributed by atoms with Gasteiger partial charge in [-0.1, -0.05) is 17.3 Å². The summed E-state index contributed by atoms with van der Waals surface area (Å²) in [5.41, 5.74) is 0.889. The Morgan fingerprint density at radius 2 is 1.73 bits per heavy atom. The number of amides is 1. The van der Waals surface area contributed by atoms with Crippen molar-refractivity contribution < 1.29 is 21.9 Å². The number of benzene rings is 2. The monoisotopic (exact) mass is 429 g/mol. The summed E-state index contributed by atoms with van der Waals surface area (Å²) in [5, 5.41) is 6.67. The lowest BCUT2D eigenvalue weighted by molar-refractivity contribution is 0.0907. The Kier molecular flexibility index (Phi) is 5.67. The molecule has 1 aromatic heterocycles. The highest BCUT2D eigenvalue weighted by atomic mass is 32.2. The second-order valence-corrected chi connectivity index (χ2v) is 9.06. The van der Waals surface area contributed by atoms with Crippen LogP contribution in [-0.2, 0) is 15.7 Å². The van der Waals surface area contributed by atoms with Crippen LogP contribution >= 0.6 is 0 Å². The van der Waals surface area contributed by atoms with Crippen LogP contribution in [0, 0.1) is 20.8 Å². The zero-order valence-corrected chi connectivity index (χ0v) is 18.2. The molecule has 0 saturated carbocycles. The van der Waals surface area contributed by atoms with E-state index in [-0.39, 0.29) is 16.6 Å². The maximum atomic E-state index is 12.6. The molecule has 0 aliphatic heterocycles. The van der Waals surface area contributed by atoms with E-state index in [4.69, 9.17) is 8.71 Å². The van der Waals surface area contributed by atoms with Crippen LogP contribution in [0.4, 0.5) is 0 Å². The first-order valence-electron chi connectivity index (χ1n) is 9.23. The maximum absolute atomic E-state index is 12.6. The first kappa shape index (κ1) is 21.5. The van der Waals surface area contributed by atoms with Gasteiger partial charge >= 0.3 is 10.1 Å². The van der Waals surface area contributed by atoms with E-state index in [1.54, 1.807) is 39.8 Å². The summed E-state index contributed by atoms with van der Waals surface area (Å²) in [5.74, 6) is 0.499. The van der Waals surface area contributed by atoms with Crippen LogP contribution in [0.15, 0.2) is 51.9 Å². The standard InChI is InChI=1S/C21H23N3O5S/c1-13-6-7-14(2)18(12-13)30(26,27)29-17-10-8-16(9-11-17)19(25)23-21(4,5)20-22-15(3)28-24-20/h6-12H,1-5H3,(H,23,25). The van der Waals surface area contributed by atoms with Crippen molar-refractivity contribution in [2.75, 3.05) is 0 Å². The molecule has 0 aliphatic rings. The van der Waals surface area contributed by atoms with Crippen molar-refractivity contribution in [3.63, 3.8) is 0 Å². The summed E-state index contributed by atoms with van der Waals surface area (Å²) in [4.78, 5) is 16.8. The number of carbonyl (C=O) groups is 1. The molecule has 3 aromatic rings. The summed E-state index contributed by atoms with van der Waals surface area (Å²) in [6, 6.07) is 11.0. The number of aryl methyl sites for hydroxylation is 3. The van der Waals surface area contributed by atoms with Gasteiger partial charge < -0.3 is 14.0 Å². The van der Waals surface area contributed by atoms with Gasteiger partial charge in [0.1, 0.15) is 10.6 Å². The van der Waals surface area contributed by atoms with E-state index in [1.807, 2.05) is 13.0 Å². The molecule has 0 radical (unpaired) electrons. The molecule has 0 bridgehead atoms. The fourth-order valence-electron chi connectivity index (χ4n) is 2.78. The summed E-state index contributed by atoms with van der Waals surface area (Å²) in [6.07, 6.45) is 0. The van der Waals surface area contributed by atoms with Gasteiger partial charge in [-0.25, -0.2) is 0 Å². The average Bonchev–Trinajstić information content (AvgIpc) is 3.11. The normalized spacial score (nSPS) is 11.9. The van der Waals surface area contributed by atoms with Crippen molar-refractivity contribution in [2.24, 2.45) is 0 Å². The van der Waals surface area contributed by atoms with E-state index >= 15 is 0 Å². The van der Waals surface area contributed by atoms with Gasteiger partial charge in [0, 0.05) is 12.5 Å². The fraction of sp³-hybridized carbons (Fsp3) is 0.286. The Hall–Kier alpha value is -3.20. The molecule has 158 valence electrons. The van der Waals surface area contributed by atoms with Crippen LogP contribution in [0.3, 0.4) is 0 Å². The average molecular weight is 429 g/mol. The van der Waals surface area contributed by atoms with Crippen molar-refractivity contribution in [3.05, 3.63) is 70.9 Å². The first-order valence-corrected chi connectivity index (χ1v) is 10.6. The van der Waals surface area contributed by atoms with Crippen molar-refractivity contribution in [3.8, 4) is 5.75 Å². The van der Waals surface area contributed by atoms with Gasteiger partial charge in [0.15, 0.2) is 5.82 Å². The Morgan fingerprint density at radius 3 is 2.33 bits per heavy atom. The van der Waals surface area contributed by atoms with Gasteiger partial charge in [0.05, 0.1) is 5.54 Å². The lowest BCUT2D eigenvalue weighted by Crippen LogP contribution is -2.41. The largest absolute Gasteiger partial charge is 0.379 e. The van der Waals surface area contributed by atoms with Crippen LogP contribution in [-0.4, -0.2) is 24.5 Å². The molecule has 0 fully saturated rings. The minimum Gasteiger partial charge on any atom is -0.379 e. The van der Waals surface area contributed by atoms with Gasteiger partial charge in [-0.05, 0) is 69.2 Å². The van der Waals surface area contributed by atoms with Gasteiger partial charge in [-0.15, -0.1) is 0 Å². The molecule has 3 rings (SSSR count). The molecule has 0 spiro atoms. The van der Waals surface area contributed by atoms with E-state index in [2.05, 4.69) is 15.5 Å². The molecule has 30 heavy (non-hydrogen) atoms. The van der Waals surface area contributed by atoms with Crippen LogP contribution in [0.25, 0.3) is 0 Å². The lowest BCUT2D eigenvalue weighted by Gasteiger charge is -2.22. The summed E-state index contributed by atoms with van der Waals surface area (Å²) >= 11 is 0. The highest BCUT2D eigenvalue weighted by Crippen LogP contribution is 2.23. The molecule has 0 aliphatic carbocycles. The van der Waals surface area contributed by atoms with E-state index in [1.165, 1.54) is 24.3 Å². The van der Waals surface area contributed by atoms with Crippen LogP contribution < -0.4 is 9.50 Å². The lowest BCUT2D eigenvalue weighted by atomic mass is 10.0. The number of hydrogen-bond donors (Lipinski definition) is 1. The second kappa shape index (κ2) is 7.91. The molecule has 0 atom stereocenters. The maximum Gasteiger partial charge on any atom is 0.339 e. The Morgan fingerprint density at radius 1 is 1.07 bits per heavy atom. The van der Waals surface area contributed by atoms with E-state index in [0.29, 0.717) is 22.8 Å². The quantitative estimate of drug-likeness (QED) is 0.598. The van der Waals surface area contributed by atoms with Crippen molar-refractivity contribution in [1.29, 1.82) is 0 Å².